The third-order valence-corrected chi connectivity index (χ3v) is 8.88. The normalized spacial score (nSPS) is 17.4. The first-order chi connectivity index (χ1) is 23.4. The molecular formula is C35H41ClN8O5S. The van der Waals surface area contributed by atoms with Crippen molar-refractivity contribution in [2.75, 3.05) is 44.3 Å². The predicted molar refractivity (Wildman–Crippen MR) is 193 cm³/mol. The molecule has 0 aliphatic carbocycles. The first-order valence-electron chi connectivity index (χ1n) is 16.2. The van der Waals surface area contributed by atoms with E-state index in [1.165, 1.54) is 6.20 Å². The molecule has 0 saturated carbocycles. The van der Waals surface area contributed by atoms with Crippen LogP contribution in [0, 0.1) is 11.3 Å². The Labute approximate surface area is 302 Å². The van der Waals surface area contributed by atoms with E-state index in [9.17, 15) is 14.9 Å². The number of hydrogen-bond donors (Lipinski definition) is 1. The van der Waals surface area contributed by atoms with Gasteiger partial charge in [0, 0.05) is 48.7 Å². The van der Waals surface area contributed by atoms with Crippen molar-refractivity contribution in [2.45, 2.75) is 57.8 Å². The van der Waals surface area contributed by atoms with Gasteiger partial charge >= 0.3 is 6.09 Å². The summed E-state index contributed by atoms with van der Waals surface area (Å²) in [4.78, 5) is 38.2. The molecule has 2 amide bonds. The molecule has 6 rings (SSSR count). The number of hydrogen-bond acceptors (Lipinski definition) is 10. The molecule has 0 unspecified atom stereocenters. The molecule has 0 radical (unpaired) electrons. The lowest BCUT2D eigenvalue weighted by atomic mass is 9.89. The summed E-state index contributed by atoms with van der Waals surface area (Å²) in [7, 11) is 0. The number of fused-ring (bicyclic) bond motifs is 1. The van der Waals surface area contributed by atoms with E-state index in [0.29, 0.717) is 67.5 Å². The summed E-state index contributed by atoms with van der Waals surface area (Å²) in [6.45, 7) is 10.3. The van der Waals surface area contributed by atoms with Crippen molar-refractivity contribution in [3.05, 3.63) is 71.4 Å². The number of aromatic nitrogens is 4. The summed E-state index contributed by atoms with van der Waals surface area (Å²) >= 11 is 6.18. The van der Waals surface area contributed by atoms with E-state index in [4.69, 9.17) is 30.8 Å². The average Bonchev–Trinajstić information content (AvgIpc) is 3.50. The van der Waals surface area contributed by atoms with Gasteiger partial charge in [-0.2, -0.15) is 23.9 Å². The molecule has 2 saturated heterocycles. The molecule has 0 spiro atoms. The molecule has 4 aromatic heterocycles. The summed E-state index contributed by atoms with van der Waals surface area (Å²) in [5.41, 5.74) is 1.84. The number of carbonyl (C=O) groups is 2. The number of ether oxygens (including phenoxy) is 3. The third-order valence-electron chi connectivity index (χ3n) is 8.57. The van der Waals surface area contributed by atoms with E-state index in [-0.39, 0.29) is 43.9 Å². The lowest BCUT2D eigenvalue weighted by molar-refractivity contribution is -0.0557. The second-order valence-electron chi connectivity index (χ2n) is 13.5. The maximum atomic E-state index is 12.9. The van der Waals surface area contributed by atoms with Crippen molar-refractivity contribution < 1.29 is 23.8 Å². The highest BCUT2D eigenvalue weighted by molar-refractivity contribution is 7.59. The Morgan fingerprint density at radius 2 is 1.94 bits per heavy atom. The monoisotopic (exact) mass is 720 g/mol. The average molecular weight is 721 g/mol. The van der Waals surface area contributed by atoms with Crippen molar-refractivity contribution in [2.24, 2.45) is 0 Å². The summed E-state index contributed by atoms with van der Waals surface area (Å²) in [6, 6.07) is 11.4. The molecule has 4 aromatic rings. The van der Waals surface area contributed by atoms with Crippen LogP contribution in [0.15, 0.2) is 55.1 Å². The van der Waals surface area contributed by atoms with E-state index < -0.39 is 11.1 Å². The number of morpholine rings is 1. The van der Waals surface area contributed by atoms with E-state index in [0.717, 1.165) is 16.9 Å². The van der Waals surface area contributed by atoms with E-state index in [1.54, 1.807) is 40.1 Å². The zero-order valence-corrected chi connectivity index (χ0v) is 30.2. The van der Waals surface area contributed by atoms with Gasteiger partial charge in [0.15, 0.2) is 0 Å². The Kier molecular flexibility index (Phi) is 11.1. The first kappa shape index (κ1) is 36.7. The SMILES string of the molecule is CC1(NC(=O)c2ncccc2Cl)CCN(c2ccc(-c3cc(OC[C@@H]4CN(C(=O)OC(C)(C)C)CCO4)cn4ncc(C#N)c34)cn2)CC1.S. The van der Waals surface area contributed by atoms with Gasteiger partial charge in [0.05, 0.1) is 41.6 Å². The topological polar surface area (TPSA) is 147 Å². The number of nitrogens with one attached hydrogen (secondary N) is 1. The van der Waals surface area contributed by atoms with Crippen LogP contribution in [0.2, 0.25) is 5.02 Å². The van der Waals surface area contributed by atoms with Gasteiger partial charge < -0.3 is 29.3 Å². The predicted octanol–water partition coefficient (Wildman–Crippen LogP) is 5.23. The summed E-state index contributed by atoms with van der Waals surface area (Å²) in [5.74, 6) is 1.06. The smallest absolute Gasteiger partial charge is 0.410 e. The molecular weight excluding hydrogens is 680 g/mol. The van der Waals surface area contributed by atoms with Gasteiger partial charge in [-0.15, -0.1) is 0 Å². The number of nitrogens with zero attached hydrogens (tertiary/aromatic N) is 7. The molecule has 1 atom stereocenters. The number of rotatable bonds is 7. The van der Waals surface area contributed by atoms with Crippen LogP contribution in [0.1, 0.15) is 56.6 Å². The fourth-order valence-corrected chi connectivity index (χ4v) is 6.16. The van der Waals surface area contributed by atoms with Crippen molar-refractivity contribution in [3.8, 4) is 22.9 Å². The Balaban J connectivity index is 0.00000486. The second kappa shape index (κ2) is 15.1. The standard InChI is InChI=1S/C35H39ClN8O5.H2S/c1-34(2,3)49-33(46)43-14-15-47-26(20-43)22-48-25-16-27(31-24(17-37)19-40-44(31)21-25)23-7-8-29(39-18-23)42-12-9-35(4,10-13-42)41-32(45)30-28(36)6-5-11-38-30;/h5-8,11,16,18-19,21,26H,9-10,12-15,20,22H2,1-4H3,(H,41,45);1H2/t26-;/m0./s1. The number of nitriles is 1. The minimum atomic E-state index is -0.586. The Bertz CT molecular complexity index is 1880. The largest absolute Gasteiger partial charge is 0.489 e. The summed E-state index contributed by atoms with van der Waals surface area (Å²) < 4.78 is 19.2. The van der Waals surface area contributed by atoms with Crippen molar-refractivity contribution in [1.29, 1.82) is 5.26 Å². The highest BCUT2D eigenvalue weighted by Crippen LogP contribution is 2.33. The fraction of sp³-hybridized carbons (Fsp3) is 0.429. The van der Waals surface area contributed by atoms with Crippen LogP contribution in [0.25, 0.3) is 16.6 Å². The Hall–Kier alpha value is -4.58. The van der Waals surface area contributed by atoms with Crippen molar-refractivity contribution in [3.63, 3.8) is 0 Å². The van der Waals surface area contributed by atoms with Crippen LogP contribution < -0.4 is 15.0 Å². The van der Waals surface area contributed by atoms with Gasteiger partial charge in [-0.3, -0.25) is 4.79 Å². The quantitative estimate of drug-likeness (QED) is 0.269. The van der Waals surface area contributed by atoms with Crippen LogP contribution >= 0.6 is 25.1 Å². The molecule has 13 nitrogen and oxygen atoms in total. The number of carbonyl (C=O) groups excluding carboxylic acids is 2. The molecule has 15 heteroatoms. The van der Waals surface area contributed by atoms with E-state index in [1.807, 2.05) is 45.9 Å². The van der Waals surface area contributed by atoms with Gasteiger partial charge in [-0.1, -0.05) is 11.6 Å². The van der Waals surface area contributed by atoms with Gasteiger partial charge in [-0.05, 0) is 70.9 Å². The lowest BCUT2D eigenvalue weighted by Crippen LogP contribution is -2.53. The van der Waals surface area contributed by atoms with Crippen LogP contribution in [-0.2, 0) is 9.47 Å². The van der Waals surface area contributed by atoms with Gasteiger partial charge in [-0.25, -0.2) is 19.3 Å². The lowest BCUT2D eigenvalue weighted by Gasteiger charge is -2.40. The molecule has 2 aliphatic heterocycles. The first-order valence-corrected chi connectivity index (χ1v) is 16.6. The molecule has 0 bridgehead atoms. The number of anilines is 1. The van der Waals surface area contributed by atoms with Gasteiger partial charge in [0.1, 0.15) is 41.6 Å². The van der Waals surface area contributed by atoms with E-state index in [2.05, 4.69) is 26.4 Å². The zero-order valence-electron chi connectivity index (χ0n) is 28.5. The highest BCUT2D eigenvalue weighted by Gasteiger charge is 2.33. The van der Waals surface area contributed by atoms with Gasteiger partial charge in [0.2, 0.25) is 0 Å². The Morgan fingerprint density at radius 1 is 1.16 bits per heavy atom. The molecule has 6 heterocycles. The minimum absolute atomic E-state index is 0. The second-order valence-corrected chi connectivity index (χ2v) is 13.9. The summed E-state index contributed by atoms with van der Waals surface area (Å²) in [6.07, 6.45) is 7.30. The molecule has 50 heavy (non-hydrogen) atoms. The zero-order chi connectivity index (χ0) is 34.8. The maximum Gasteiger partial charge on any atom is 0.410 e. The van der Waals surface area contributed by atoms with Crippen LogP contribution in [-0.4, -0.2) is 93.1 Å². The van der Waals surface area contributed by atoms with Crippen molar-refractivity contribution in [1.82, 2.24) is 29.8 Å². The Morgan fingerprint density at radius 3 is 2.62 bits per heavy atom. The molecule has 1 N–H and O–H groups in total. The van der Waals surface area contributed by atoms with E-state index >= 15 is 0 Å². The number of amides is 2. The number of piperidine rings is 1. The molecule has 2 fully saturated rings. The maximum absolute atomic E-state index is 12.9. The highest BCUT2D eigenvalue weighted by atomic mass is 35.5. The molecule has 264 valence electrons. The summed E-state index contributed by atoms with van der Waals surface area (Å²) in [5, 5.41) is 17.7. The molecule has 2 aliphatic rings. The van der Waals surface area contributed by atoms with Crippen molar-refractivity contribution >= 4 is 48.4 Å². The number of halogens is 1. The fourth-order valence-electron chi connectivity index (χ4n) is 5.95. The third kappa shape index (κ3) is 8.40. The van der Waals surface area contributed by atoms with Gasteiger partial charge in [0.25, 0.3) is 5.91 Å². The minimum Gasteiger partial charge on any atom is -0.489 e. The van der Waals surface area contributed by atoms with Crippen LogP contribution in [0.3, 0.4) is 0 Å². The number of pyridine rings is 3. The molecule has 0 aromatic carbocycles. The van der Waals surface area contributed by atoms with Crippen LogP contribution in [0.4, 0.5) is 10.6 Å². The van der Waals surface area contributed by atoms with Crippen LogP contribution in [0.5, 0.6) is 5.75 Å².